The van der Waals surface area contributed by atoms with Crippen LogP contribution in [0.4, 0.5) is 8.78 Å². The van der Waals surface area contributed by atoms with Crippen molar-refractivity contribution in [2.45, 2.75) is 18.9 Å². The lowest BCUT2D eigenvalue weighted by molar-refractivity contribution is 0.494. The van der Waals surface area contributed by atoms with Crippen molar-refractivity contribution in [3.05, 3.63) is 69.7 Å². The predicted molar refractivity (Wildman–Crippen MR) is 79.0 cm³/mol. The first-order valence-corrected chi connectivity index (χ1v) is 7.03. The minimum atomic E-state index is -0.290. The molecule has 2 aromatic rings. The fraction of sp³-hybridized carbons (Fsp3) is 0.200. The van der Waals surface area contributed by atoms with Crippen LogP contribution in [-0.4, -0.2) is 6.04 Å². The Kier molecular flexibility index (Phi) is 5.23. The van der Waals surface area contributed by atoms with E-state index in [1.807, 2.05) is 0 Å². The fourth-order valence-electron chi connectivity index (χ4n) is 2.08. The number of rotatable bonds is 5. The second-order valence-corrected chi connectivity index (χ2v) is 5.51. The average molecular weight is 341 g/mol. The van der Waals surface area contributed by atoms with E-state index in [-0.39, 0.29) is 17.7 Å². The summed E-state index contributed by atoms with van der Waals surface area (Å²) in [5, 5.41) is 0. The maximum atomic E-state index is 13.7. The van der Waals surface area contributed by atoms with Gasteiger partial charge in [-0.3, -0.25) is 11.3 Å². The predicted octanol–water partition coefficient (Wildman–Crippen LogP) is 3.34. The zero-order valence-electron chi connectivity index (χ0n) is 10.7. The Balaban J connectivity index is 2.13. The molecule has 0 aliphatic heterocycles. The van der Waals surface area contributed by atoms with Crippen molar-refractivity contribution in [1.82, 2.24) is 5.43 Å². The molecule has 0 spiro atoms. The van der Waals surface area contributed by atoms with Crippen LogP contribution in [-0.2, 0) is 12.8 Å². The summed E-state index contributed by atoms with van der Waals surface area (Å²) >= 11 is 3.31. The van der Waals surface area contributed by atoms with Gasteiger partial charge in [0, 0.05) is 10.5 Å². The Morgan fingerprint density at radius 2 is 1.65 bits per heavy atom. The van der Waals surface area contributed by atoms with E-state index in [0.717, 1.165) is 4.47 Å². The maximum Gasteiger partial charge on any atom is 0.126 e. The quantitative estimate of drug-likeness (QED) is 0.647. The highest BCUT2D eigenvalue weighted by Crippen LogP contribution is 2.18. The van der Waals surface area contributed by atoms with E-state index in [1.165, 1.54) is 12.1 Å². The first-order valence-electron chi connectivity index (χ1n) is 6.23. The molecule has 0 aliphatic carbocycles. The Bertz CT molecular complexity index is 590. The van der Waals surface area contributed by atoms with Crippen LogP contribution in [0.25, 0.3) is 0 Å². The van der Waals surface area contributed by atoms with Gasteiger partial charge in [0.2, 0.25) is 0 Å². The Morgan fingerprint density at radius 3 is 2.35 bits per heavy atom. The van der Waals surface area contributed by atoms with Crippen molar-refractivity contribution < 1.29 is 8.78 Å². The van der Waals surface area contributed by atoms with Gasteiger partial charge >= 0.3 is 0 Å². The van der Waals surface area contributed by atoms with Crippen LogP contribution in [0.15, 0.2) is 46.9 Å². The lowest BCUT2D eigenvalue weighted by Crippen LogP contribution is -2.38. The summed E-state index contributed by atoms with van der Waals surface area (Å²) in [6.45, 7) is 0. The highest BCUT2D eigenvalue weighted by Gasteiger charge is 2.14. The van der Waals surface area contributed by atoms with Gasteiger partial charge in [-0.2, -0.15) is 0 Å². The Morgan fingerprint density at radius 1 is 1.00 bits per heavy atom. The van der Waals surface area contributed by atoms with E-state index >= 15 is 0 Å². The second-order valence-electron chi connectivity index (χ2n) is 4.60. The monoisotopic (exact) mass is 340 g/mol. The van der Waals surface area contributed by atoms with E-state index in [0.29, 0.717) is 24.0 Å². The number of benzene rings is 2. The molecule has 0 saturated carbocycles. The molecule has 1 atom stereocenters. The topological polar surface area (TPSA) is 38.0 Å². The third-order valence-corrected chi connectivity index (χ3v) is 3.63. The molecule has 5 heteroatoms. The lowest BCUT2D eigenvalue weighted by Gasteiger charge is -2.17. The maximum absolute atomic E-state index is 13.7. The molecule has 0 saturated heterocycles. The molecule has 2 rings (SSSR count). The lowest BCUT2D eigenvalue weighted by atomic mass is 9.99. The highest BCUT2D eigenvalue weighted by atomic mass is 79.9. The summed E-state index contributed by atoms with van der Waals surface area (Å²) in [5.41, 5.74) is 3.73. The zero-order valence-corrected chi connectivity index (χ0v) is 12.3. The number of hydrazine groups is 1. The van der Waals surface area contributed by atoms with Gasteiger partial charge in [0.15, 0.2) is 0 Å². The molecule has 2 nitrogen and oxygen atoms in total. The smallest absolute Gasteiger partial charge is 0.126 e. The largest absolute Gasteiger partial charge is 0.271 e. The van der Waals surface area contributed by atoms with Crippen molar-refractivity contribution in [3.8, 4) is 0 Å². The summed E-state index contributed by atoms with van der Waals surface area (Å²) < 4.78 is 28.1. The minimum absolute atomic E-state index is 0.240. The van der Waals surface area contributed by atoms with Gasteiger partial charge in [0.25, 0.3) is 0 Å². The number of hydrogen-bond acceptors (Lipinski definition) is 2. The van der Waals surface area contributed by atoms with Crippen LogP contribution in [0.2, 0.25) is 0 Å². The number of nitrogens with two attached hydrogens (primary N) is 1. The minimum Gasteiger partial charge on any atom is -0.271 e. The van der Waals surface area contributed by atoms with Gasteiger partial charge in [-0.25, -0.2) is 8.78 Å². The van der Waals surface area contributed by atoms with Crippen molar-refractivity contribution >= 4 is 15.9 Å². The normalized spacial score (nSPS) is 12.4. The Labute approximate surface area is 125 Å². The second kappa shape index (κ2) is 6.92. The van der Waals surface area contributed by atoms with Crippen LogP contribution < -0.4 is 11.3 Å². The van der Waals surface area contributed by atoms with Gasteiger partial charge in [-0.15, -0.1) is 0 Å². The molecule has 2 aromatic carbocycles. The molecular weight excluding hydrogens is 326 g/mol. The molecule has 0 radical (unpaired) electrons. The summed E-state index contributed by atoms with van der Waals surface area (Å²) in [6.07, 6.45) is 0.783. The van der Waals surface area contributed by atoms with Gasteiger partial charge < -0.3 is 0 Å². The van der Waals surface area contributed by atoms with Crippen LogP contribution in [0.5, 0.6) is 0 Å². The number of hydrogen-bond donors (Lipinski definition) is 2. The number of nitrogens with one attached hydrogen (secondary N) is 1. The Hall–Kier alpha value is -1.30. The van der Waals surface area contributed by atoms with Gasteiger partial charge in [-0.05, 0) is 48.2 Å². The van der Waals surface area contributed by atoms with E-state index < -0.39 is 0 Å². The van der Waals surface area contributed by atoms with E-state index in [4.69, 9.17) is 5.84 Å². The van der Waals surface area contributed by atoms with E-state index in [1.54, 1.807) is 30.3 Å². The van der Waals surface area contributed by atoms with Gasteiger partial charge in [-0.1, -0.05) is 34.1 Å². The van der Waals surface area contributed by atoms with Crippen LogP contribution >= 0.6 is 15.9 Å². The molecule has 0 aliphatic rings. The molecule has 106 valence electrons. The molecule has 0 bridgehead atoms. The van der Waals surface area contributed by atoms with Crippen LogP contribution in [0.1, 0.15) is 11.1 Å². The molecular formula is C15H15BrF2N2. The molecule has 0 heterocycles. The first-order chi connectivity index (χ1) is 9.60. The van der Waals surface area contributed by atoms with Gasteiger partial charge in [0.05, 0.1) is 0 Å². The van der Waals surface area contributed by atoms with Crippen LogP contribution in [0, 0.1) is 11.6 Å². The third-order valence-electron chi connectivity index (χ3n) is 3.13. The van der Waals surface area contributed by atoms with Crippen LogP contribution in [0.3, 0.4) is 0 Å². The van der Waals surface area contributed by atoms with E-state index in [2.05, 4.69) is 21.4 Å². The highest BCUT2D eigenvalue weighted by molar-refractivity contribution is 9.10. The van der Waals surface area contributed by atoms with Crippen molar-refractivity contribution in [2.75, 3.05) is 0 Å². The van der Waals surface area contributed by atoms with Crippen molar-refractivity contribution in [3.63, 3.8) is 0 Å². The molecule has 20 heavy (non-hydrogen) atoms. The molecule has 3 N–H and O–H groups in total. The van der Waals surface area contributed by atoms with Crippen molar-refractivity contribution in [2.24, 2.45) is 5.84 Å². The SMILES string of the molecule is NNC(Cc1ccccc1F)Cc1cc(Br)ccc1F. The number of halogens is 3. The molecule has 0 fully saturated rings. The average Bonchev–Trinajstić information content (AvgIpc) is 2.44. The van der Waals surface area contributed by atoms with Gasteiger partial charge in [0.1, 0.15) is 11.6 Å². The summed E-state index contributed by atoms with van der Waals surface area (Å²) in [4.78, 5) is 0. The summed E-state index contributed by atoms with van der Waals surface area (Å²) in [7, 11) is 0. The van der Waals surface area contributed by atoms with Crippen molar-refractivity contribution in [1.29, 1.82) is 0 Å². The molecule has 0 aromatic heterocycles. The molecule has 1 unspecified atom stereocenters. The molecule has 0 amide bonds. The summed E-state index contributed by atoms with van der Waals surface area (Å²) in [6, 6.07) is 11.0. The fourth-order valence-corrected chi connectivity index (χ4v) is 2.49. The standard InChI is InChI=1S/C15H15BrF2N2/c16-12-5-6-15(18)11(7-12)9-13(20-19)8-10-3-1-2-4-14(10)17/h1-7,13,20H,8-9,19H2. The first kappa shape index (κ1) is 15.1. The van der Waals surface area contributed by atoms with E-state index in [9.17, 15) is 8.78 Å². The zero-order chi connectivity index (χ0) is 14.5. The summed E-state index contributed by atoms with van der Waals surface area (Å²) in [5.74, 6) is 4.93. The third kappa shape index (κ3) is 3.85.